The predicted octanol–water partition coefficient (Wildman–Crippen LogP) is 2.77. The third-order valence-corrected chi connectivity index (χ3v) is 7.89. The molecule has 0 bridgehead atoms. The maximum atomic E-state index is 13.7. The number of ether oxygens (including phenoxy) is 1. The molecule has 3 fully saturated rings. The Labute approximate surface area is 188 Å². The minimum atomic E-state index is -0.676. The van der Waals surface area contributed by atoms with E-state index in [0.29, 0.717) is 25.1 Å². The van der Waals surface area contributed by atoms with Crippen molar-refractivity contribution in [2.24, 2.45) is 0 Å². The summed E-state index contributed by atoms with van der Waals surface area (Å²) in [6.07, 6.45) is 2.44. The SMILES string of the molecule is CN1CCN(c2ccc(C3(C(=O)N4CCC5(C4)OC(=O)c4ccccc45)CC3)cc2)CC1. The van der Waals surface area contributed by atoms with Crippen molar-refractivity contribution in [2.45, 2.75) is 30.3 Å². The monoisotopic (exact) mass is 431 g/mol. The van der Waals surface area contributed by atoms with Gasteiger partial charge in [-0.25, -0.2) is 4.79 Å². The van der Waals surface area contributed by atoms with Crippen LogP contribution in [-0.2, 0) is 20.5 Å². The molecule has 3 aliphatic heterocycles. The second kappa shape index (κ2) is 7.07. The number of hydrogen-bond acceptors (Lipinski definition) is 5. The molecule has 0 N–H and O–H groups in total. The molecule has 2 aromatic carbocycles. The molecule has 1 spiro atoms. The molecule has 3 heterocycles. The summed E-state index contributed by atoms with van der Waals surface area (Å²) >= 11 is 0. The second-order valence-electron chi connectivity index (χ2n) is 9.83. The lowest BCUT2D eigenvalue weighted by Crippen LogP contribution is -2.44. The Kier molecular flexibility index (Phi) is 4.37. The fraction of sp³-hybridized carbons (Fsp3) is 0.462. The summed E-state index contributed by atoms with van der Waals surface area (Å²) in [6.45, 7) is 5.31. The van der Waals surface area contributed by atoms with Gasteiger partial charge in [0.05, 0.1) is 17.5 Å². The topological polar surface area (TPSA) is 53.1 Å². The number of piperazine rings is 1. The number of fused-ring (bicyclic) bond motifs is 2. The lowest BCUT2D eigenvalue weighted by Gasteiger charge is -2.34. The Morgan fingerprint density at radius 3 is 2.34 bits per heavy atom. The van der Waals surface area contributed by atoms with Crippen molar-refractivity contribution in [2.75, 3.05) is 51.2 Å². The zero-order valence-electron chi connectivity index (χ0n) is 18.5. The van der Waals surface area contributed by atoms with E-state index in [1.165, 1.54) is 5.69 Å². The number of carbonyl (C=O) groups excluding carboxylic acids is 2. The number of carbonyl (C=O) groups is 2. The average Bonchev–Trinajstić information content (AvgIpc) is 3.46. The third kappa shape index (κ3) is 2.96. The first-order chi connectivity index (χ1) is 15.5. The van der Waals surface area contributed by atoms with Crippen molar-refractivity contribution in [3.63, 3.8) is 0 Å². The quantitative estimate of drug-likeness (QED) is 0.700. The smallest absolute Gasteiger partial charge is 0.339 e. The number of esters is 1. The van der Waals surface area contributed by atoms with E-state index in [0.717, 1.165) is 50.1 Å². The molecule has 2 aromatic rings. The molecule has 1 aliphatic carbocycles. The molecule has 1 atom stereocenters. The fourth-order valence-electron chi connectivity index (χ4n) is 5.71. The Morgan fingerprint density at radius 2 is 1.62 bits per heavy atom. The van der Waals surface area contributed by atoms with Crippen LogP contribution in [0.5, 0.6) is 0 Å². The molecule has 2 saturated heterocycles. The normalized spacial score (nSPS) is 26.3. The molecule has 1 unspecified atom stereocenters. The van der Waals surface area contributed by atoms with Crippen LogP contribution in [-0.4, -0.2) is 68.0 Å². The summed E-state index contributed by atoms with van der Waals surface area (Å²) in [4.78, 5) is 32.7. The van der Waals surface area contributed by atoms with Crippen LogP contribution in [0.25, 0.3) is 0 Å². The Hall–Kier alpha value is -2.86. The van der Waals surface area contributed by atoms with E-state index in [4.69, 9.17) is 4.74 Å². The number of anilines is 1. The van der Waals surface area contributed by atoms with Crippen LogP contribution in [0.15, 0.2) is 48.5 Å². The lowest BCUT2D eigenvalue weighted by molar-refractivity contribution is -0.134. The van der Waals surface area contributed by atoms with Gasteiger partial charge in [-0.3, -0.25) is 4.79 Å². The van der Waals surface area contributed by atoms with Crippen LogP contribution >= 0.6 is 0 Å². The first-order valence-electron chi connectivity index (χ1n) is 11.7. The summed E-state index contributed by atoms with van der Waals surface area (Å²) < 4.78 is 5.85. The van der Waals surface area contributed by atoms with E-state index in [1.54, 1.807) is 0 Å². The second-order valence-corrected chi connectivity index (χ2v) is 9.83. The maximum absolute atomic E-state index is 13.7. The standard InChI is InChI=1S/C26H29N3O3/c1-27-14-16-28(17-15-27)20-8-6-19(7-9-20)25(10-11-25)24(31)29-13-12-26(18-29)22-5-3-2-4-21(22)23(30)32-26/h2-9H,10-18H2,1H3. The van der Waals surface area contributed by atoms with E-state index in [9.17, 15) is 9.59 Å². The van der Waals surface area contributed by atoms with Crippen molar-refractivity contribution in [3.8, 4) is 0 Å². The number of nitrogens with zero attached hydrogens (tertiary/aromatic N) is 3. The van der Waals surface area contributed by atoms with Gasteiger partial charge in [-0.05, 0) is 43.7 Å². The van der Waals surface area contributed by atoms with Crippen LogP contribution in [0, 0.1) is 0 Å². The van der Waals surface area contributed by atoms with Crippen molar-refractivity contribution in [1.29, 1.82) is 0 Å². The van der Waals surface area contributed by atoms with Gasteiger partial charge in [-0.15, -0.1) is 0 Å². The molecule has 6 heteroatoms. The van der Waals surface area contributed by atoms with E-state index in [2.05, 4.69) is 41.1 Å². The number of likely N-dealkylation sites (tertiary alicyclic amines) is 1. The van der Waals surface area contributed by atoms with E-state index in [-0.39, 0.29) is 11.9 Å². The van der Waals surface area contributed by atoms with Crippen LogP contribution in [0.2, 0.25) is 0 Å². The average molecular weight is 432 g/mol. The molecule has 0 aromatic heterocycles. The number of rotatable bonds is 3. The molecule has 1 saturated carbocycles. The van der Waals surface area contributed by atoms with Gasteiger partial charge in [0.25, 0.3) is 0 Å². The van der Waals surface area contributed by atoms with Crippen molar-refractivity contribution >= 4 is 17.6 Å². The Balaban J connectivity index is 1.20. The number of amides is 1. The number of likely N-dealkylation sites (N-methyl/N-ethyl adjacent to an activating group) is 1. The summed E-state index contributed by atoms with van der Waals surface area (Å²) in [5.74, 6) is -0.0855. The van der Waals surface area contributed by atoms with Crippen LogP contribution < -0.4 is 4.90 Å². The van der Waals surface area contributed by atoms with Crippen molar-refractivity contribution in [1.82, 2.24) is 9.80 Å². The number of benzene rings is 2. The van der Waals surface area contributed by atoms with Crippen molar-refractivity contribution < 1.29 is 14.3 Å². The molecule has 0 radical (unpaired) electrons. The zero-order chi connectivity index (χ0) is 21.9. The van der Waals surface area contributed by atoms with Gasteiger partial charge in [0.2, 0.25) is 5.91 Å². The van der Waals surface area contributed by atoms with Gasteiger partial charge in [0.1, 0.15) is 0 Å². The Bertz CT molecular complexity index is 1070. The summed E-state index contributed by atoms with van der Waals surface area (Å²) in [5.41, 5.74) is 2.84. The molecular formula is C26H29N3O3. The molecular weight excluding hydrogens is 402 g/mol. The first kappa shape index (κ1) is 19.8. The molecule has 6 rings (SSSR count). The Morgan fingerprint density at radius 1 is 0.906 bits per heavy atom. The number of hydrogen-bond donors (Lipinski definition) is 0. The first-order valence-corrected chi connectivity index (χ1v) is 11.7. The summed E-state index contributed by atoms with van der Waals surface area (Å²) in [7, 11) is 2.16. The van der Waals surface area contributed by atoms with E-state index >= 15 is 0 Å². The van der Waals surface area contributed by atoms with Crippen molar-refractivity contribution in [3.05, 3.63) is 65.2 Å². The molecule has 1 amide bonds. The highest BCUT2D eigenvalue weighted by atomic mass is 16.6. The minimum absolute atomic E-state index is 0.183. The van der Waals surface area contributed by atoms with Gasteiger partial charge in [-0.2, -0.15) is 0 Å². The highest BCUT2D eigenvalue weighted by Gasteiger charge is 2.57. The van der Waals surface area contributed by atoms with Crippen LogP contribution in [0.1, 0.15) is 40.7 Å². The summed E-state index contributed by atoms with van der Waals surface area (Å²) in [6, 6.07) is 16.2. The largest absolute Gasteiger partial charge is 0.449 e. The third-order valence-electron chi connectivity index (χ3n) is 7.89. The van der Waals surface area contributed by atoms with Gasteiger partial charge >= 0.3 is 5.97 Å². The van der Waals surface area contributed by atoms with Gasteiger partial charge < -0.3 is 19.4 Å². The fourth-order valence-corrected chi connectivity index (χ4v) is 5.71. The highest BCUT2D eigenvalue weighted by Crippen LogP contribution is 2.52. The molecule has 32 heavy (non-hydrogen) atoms. The highest BCUT2D eigenvalue weighted by molar-refractivity contribution is 5.96. The predicted molar refractivity (Wildman–Crippen MR) is 122 cm³/mol. The minimum Gasteiger partial charge on any atom is -0.449 e. The van der Waals surface area contributed by atoms with Crippen LogP contribution in [0.4, 0.5) is 5.69 Å². The van der Waals surface area contributed by atoms with Gasteiger partial charge in [0.15, 0.2) is 5.60 Å². The molecule has 6 nitrogen and oxygen atoms in total. The van der Waals surface area contributed by atoms with Crippen LogP contribution in [0.3, 0.4) is 0 Å². The maximum Gasteiger partial charge on any atom is 0.339 e. The van der Waals surface area contributed by atoms with Gasteiger partial charge in [0, 0.05) is 50.4 Å². The molecule has 166 valence electrons. The summed E-state index contributed by atoms with van der Waals surface area (Å²) in [5, 5.41) is 0. The lowest BCUT2D eigenvalue weighted by atomic mass is 9.91. The molecule has 4 aliphatic rings. The van der Waals surface area contributed by atoms with E-state index in [1.807, 2.05) is 29.2 Å². The van der Waals surface area contributed by atoms with Gasteiger partial charge in [-0.1, -0.05) is 30.3 Å². The zero-order valence-corrected chi connectivity index (χ0v) is 18.5. The van der Waals surface area contributed by atoms with E-state index < -0.39 is 11.0 Å².